The molecule has 0 aliphatic heterocycles. The molecule has 0 saturated carbocycles. The van der Waals surface area contributed by atoms with Crippen LogP contribution in [-0.4, -0.2) is 46.4 Å². The summed E-state index contributed by atoms with van der Waals surface area (Å²) in [6.07, 6.45) is 1.70. The summed E-state index contributed by atoms with van der Waals surface area (Å²) < 4.78 is 27.2. The van der Waals surface area contributed by atoms with Gasteiger partial charge in [-0.05, 0) is 59.5 Å². The average molecular weight is 489 g/mol. The van der Waals surface area contributed by atoms with E-state index in [-0.39, 0.29) is 5.91 Å². The highest BCUT2D eigenvalue weighted by Crippen LogP contribution is 2.38. The van der Waals surface area contributed by atoms with Crippen LogP contribution >= 0.6 is 0 Å². The van der Waals surface area contributed by atoms with Crippen molar-refractivity contribution in [2.45, 2.75) is 6.04 Å². The van der Waals surface area contributed by atoms with Crippen LogP contribution in [0.1, 0.15) is 27.7 Å². The third-order valence-electron chi connectivity index (χ3n) is 5.92. The van der Waals surface area contributed by atoms with Crippen LogP contribution in [0.2, 0.25) is 0 Å². The number of ether oxygens (including phenoxy) is 5. The minimum absolute atomic E-state index is 0.284. The maximum Gasteiger partial charge on any atom is 0.252 e. The molecule has 3 aromatic carbocycles. The van der Waals surface area contributed by atoms with E-state index in [1.807, 2.05) is 30.3 Å². The van der Waals surface area contributed by atoms with Crippen molar-refractivity contribution < 1.29 is 28.5 Å². The topological polar surface area (TPSA) is 88.1 Å². The molecule has 36 heavy (non-hydrogen) atoms. The fourth-order valence-corrected chi connectivity index (χ4v) is 4.07. The molecule has 0 aliphatic carbocycles. The molecule has 1 heterocycles. The van der Waals surface area contributed by atoms with E-state index >= 15 is 0 Å². The molecule has 1 amide bonds. The van der Waals surface area contributed by atoms with Crippen LogP contribution in [0.25, 0.3) is 10.8 Å². The lowest BCUT2D eigenvalue weighted by Gasteiger charge is -2.22. The van der Waals surface area contributed by atoms with Gasteiger partial charge in [-0.3, -0.25) is 9.78 Å². The Bertz CT molecular complexity index is 1390. The molecule has 0 bridgehead atoms. The van der Waals surface area contributed by atoms with Gasteiger partial charge in [0.25, 0.3) is 5.91 Å². The lowest BCUT2D eigenvalue weighted by atomic mass is 9.97. The number of pyridine rings is 1. The first-order valence-corrected chi connectivity index (χ1v) is 11.2. The zero-order chi connectivity index (χ0) is 25.7. The summed E-state index contributed by atoms with van der Waals surface area (Å²) in [5.41, 5.74) is 1.86. The van der Waals surface area contributed by atoms with Crippen LogP contribution in [0.5, 0.6) is 28.7 Å². The number of nitrogens with one attached hydrogen (secondary N) is 1. The van der Waals surface area contributed by atoms with Gasteiger partial charge in [-0.2, -0.15) is 0 Å². The van der Waals surface area contributed by atoms with Gasteiger partial charge < -0.3 is 29.0 Å². The summed E-state index contributed by atoms with van der Waals surface area (Å²) in [5.74, 6) is 2.58. The van der Waals surface area contributed by atoms with Gasteiger partial charge >= 0.3 is 0 Å². The number of carbonyl (C=O) groups is 1. The predicted octanol–water partition coefficient (Wildman–Crippen LogP) is 4.80. The second kappa shape index (κ2) is 10.9. The number of carbonyl (C=O) groups excluding carboxylic acids is 1. The van der Waals surface area contributed by atoms with Gasteiger partial charge in [0.15, 0.2) is 23.0 Å². The van der Waals surface area contributed by atoms with E-state index in [9.17, 15) is 4.79 Å². The molecule has 1 atom stereocenters. The molecule has 0 radical (unpaired) electrons. The molecule has 0 unspecified atom stereocenters. The van der Waals surface area contributed by atoms with Gasteiger partial charge in [-0.1, -0.05) is 12.1 Å². The van der Waals surface area contributed by atoms with Crippen LogP contribution in [0.4, 0.5) is 0 Å². The first-order valence-electron chi connectivity index (χ1n) is 11.2. The Morgan fingerprint density at radius 3 is 2.14 bits per heavy atom. The minimum atomic E-state index is -0.620. The minimum Gasteiger partial charge on any atom is -0.497 e. The normalized spacial score (nSPS) is 11.5. The first kappa shape index (κ1) is 24.7. The van der Waals surface area contributed by atoms with Crippen LogP contribution in [0.15, 0.2) is 66.9 Å². The summed E-state index contributed by atoms with van der Waals surface area (Å²) >= 11 is 0. The average Bonchev–Trinajstić information content (AvgIpc) is 2.94. The fourth-order valence-electron chi connectivity index (χ4n) is 4.07. The van der Waals surface area contributed by atoms with E-state index < -0.39 is 6.04 Å². The molecule has 1 aromatic heterocycles. The number of hydrogen-bond acceptors (Lipinski definition) is 7. The Hall–Kier alpha value is -4.46. The number of methoxy groups -OCH3 is 5. The van der Waals surface area contributed by atoms with Crippen LogP contribution in [0.3, 0.4) is 0 Å². The monoisotopic (exact) mass is 488 g/mol. The van der Waals surface area contributed by atoms with Crippen molar-refractivity contribution in [3.63, 3.8) is 0 Å². The summed E-state index contributed by atoms with van der Waals surface area (Å²) in [5, 5.41) is 4.83. The first-order chi connectivity index (χ1) is 17.5. The second-order valence-electron chi connectivity index (χ2n) is 7.88. The van der Waals surface area contributed by atoms with Crippen molar-refractivity contribution in [3.05, 3.63) is 83.7 Å². The highest BCUT2D eigenvalue weighted by molar-refractivity contribution is 5.96. The number of amides is 1. The van der Waals surface area contributed by atoms with E-state index in [1.54, 1.807) is 72.1 Å². The predicted molar refractivity (Wildman–Crippen MR) is 137 cm³/mol. The SMILES string of the molecule is COc1cccc(C(=O)N[C@@H](c2ccc(OC)c(OC)c2)c2nccc3cc(OC)c(OC)cc23)c1. The van der Waals surface area contributed by atoms with E-state index in [0.29, 0.717) is 40.0 Å². The van der Waals surface area contributed by atoms with Gasteiger partial charge in [0, 0.05) is 17.1 Å². The molecule has 0 spiro atoms. The molecule has 0 fully saturated rings. The summed E-state index contributed by atoms with van der Waals surface area (Å²) in [6.45, 7) is 0. The van der Waals surface area contributed by atoms with Crippen molar-refractivity contribution in [3.8, 4) is 28.7 Å². The van der Waals surface area contributed by atoms with Gasteiger partial charge in [-0.25, -0.2) is 0 Å². The Morgan fingerprint density at radius 1 is 0.750 bits per heavy atom. The summed E-state index contributed by atoms with van der Waals surface area (Å²) in [7, 11) is 7.87. The molecule has 4 aromatic rings. The maximum atomic E-state index is 13.4. The zero-order valence-corrected chi connectivity index (χ0v) is 20.8. The maximum absolute atomic E-state index is 13.4. The van der Waals surface area contributed by atoms with Gasteiger partial charge in [0.1, 0.15) is 5.75 Å². The number of fused-ring (bicyclic) bond motifs is 1. The Kier molecular flexibility index (Phi) is 7.44. The molecule has 186 valence electrons. The third kappa shape index (κ3) is 4.84. The number of hydrogen-bond donors (Lipinski definition) is 1. The number of nitrogens with zero attached hydrogens (tertiary/aromatic N) is 1. The van der Waals surface area contributed by atoms with Crippen molar-refractivity contribution in [2.24, 2.45) is 0 Å². The van der Waals surface area contributed by atoms with Gasteiger partial charge in [-0.15, -0.1) is 0 Å². The smallest absolute Gasteiger partial charge is 0.252 e. The quantitative estimate of drug-likeness (QED) is 0.362. The number of benzene rings is 3. The Labute approximate surface area is 209 Å². The molecule has 8 nitrogen and oxygen atoms in total. The second-order valence-corrected chi connectivity index (χ2v) is 7.88. The Balaban J connectivity index is 1.88. The number of aromatic nitrogens is 1. The van der Waals surface area contributed by atoms with E-state index in [4.69, 9.17) is 23.7 Å². The lowest BCUT2D eigenvalue weighted by Crippen LogP contribution is -2.30. The molecule has 8 heteroatoms. The Morgan fingerprint density at radius 2 is 1.44 bits per heavy atom. The summed E-state index contributed by atoms with van der Waals surface area (Å²) in [4.78, 5) is 18.1. The van der Waals surface area contributed by atoms with Crippen molar-refractivity contribution >= 4 is 16.7 Å². The molecular formula is C28H28N2O6. The lowest BCUT2D eigenvalue weighted by molar-refractivity contribution is 0.0942. The molecule has 4 rings (SSSR count). The van der Waals surface area contributed by atoms with Crippen LogP contribution in [-0.2, 0) is 0 Å². The van der Waals surface area contributed by atoms with Crippen molar-refractivity contribution in [1.82, 2.24) is 10.3 Å². The fraction of sp³-hybridized carbons (Fsp3) is 0.214. The van der Waals surface area contributed by atoms with Gasteiger partial charge in [0.2, 0.25) is 0 Å². The molecular weight excluding hydrogens is 460 g/mol. The van der Waals surface area contributed by atoms with E-state index in [1.165, 1.54) is 0 Å². The molecule has 0 saturated heterocycles. The highest BCUT2D eigenvalue weighted by atomic mass is 16.5. The van der Waals surface area contributed by atoms with E-state index in [2.05, 4.69) is 10.3 Å². The standard InChI is InChI=1S/C28H28N2O6/c1-32-20-8-6-7-19(13-20)28(31)30-26(18-9-10-22(33-2)23(15-18)34-3)27-21-16-25(36-5)24(35-4)14-17(21)11-12-29-27/h6-16,26H,1-5H3,(H,30,31)/t26-/m0/s1. The highest BCUT2D eigenvalue weighted by Gasteiger charge is 2.24. The van der Waals surface area contributed by atoms with Crippen LogP contribution < -0.4 is 29.0 Å². The third-order valence-corrected chi connectivity index (χ3v) is 5.92. The van der Waals surface area contributed by atoms with Gasteiger partial charge in [0.05, 0.1) is 47.3 Å². The summed E-state index contributed by atoms with van der Waals surface area (Å²) in [6, 6.07) is 17.5. The largest absolute Gasteiger partial charge is 0.497 e. The van der Waals surface area contributed by atoms with Crippen LogP contribution in [0, 0.1) is 0 Å². The molecule has 1 N–H and O–H groups in total. The van der Waals surface area contributed by atoms with Crippen molar-refractivity contribution in [2.75, 3.05) is 35.5 Å². The van der Waals surface area contributed by atoms with E-state index in [0.717, 1.165) is 16.3 Å². The van der Waals surface area contributed by atoms with Crippen molar-refractivity contribution in [1.29, 1.82) is 0 Å². The molecule has 0 aliphatic rings. The number of rotatable bonds is 9. The zero-order valence-electron chi connectivity index (χ0n) is 20.8.